The average Bonchev–Trinajstić information content (AvgIpc) is 2.73. The van der Waals surface area contributed by atoms with Gasteiger partial charge in [0, 0.05) is 42.8 Å². The van der Waals surface area contributed by atoms with Gasteiger partial charge in [-0.15, -0.1) is 0 Å². The summed E-state index contributed by atoms with van der Waals surface area (Å²) in [6.45, 7) is 1.59. The average molecular weight is 371 g/mol. The first-order valence-electron chi connectivity index (χ1n) is 8.98. The molecule has 1 aromatic carbocycles. The van der Waals surface area contributed by atoms with E-state index < -0.39 is 0 Å². The lowest BCUT2D eigenvalue weighted by Crippen LogP contribution is -2.36. The second-order valence-corrected chi connectivity index (χ2v) is 6.32. The fourth-order valence-corrected chi connectivity index (χ4v) is 3.20. The molecule has 2 aromatic rings. The Hall–Kier alpha value is -2.96. The second kappa shape index (κ2) is 8.62. The number of ether oxygens (including phenoxy) is 3. The Balaban J connectivity index is 1.83. The fraction of sp³-hybridized carbons (Fsp3) is 0.400. The van der Waals surface area contributed by atoms with Crippen molar-refractivity contribution in [3.63, 3.8) is 0 Å². The summed E-state index contributed by atoms with van der Waals surface area (Å²) in [6.07, 6.45) is 4.92. The highest BCUT2D eigenvalue weighted by Gasteiger charge is 2.19. The van der Waals surface area contributed by atoms with Gasteiger partial charge in [0.2, 0.25) is 5.75 Å². The van der Waals surface area contributed by atoms with Crippen molar-refractivity contribution in [3.8, 4) is 17.2 Å². The highest BCUT2D eigenvalue weighted by molar-refractivity contribution is 5.93. The maximum atomic E-state index is 12.7. The lowest BCUT2D eigenvalue weighted by Gasteiger charge is -2.26. The van der Waals surface area contributed by atoms with Gasteiger partial charge in [-0.25, -0.2) is 0 Å². The van der Waals surface area contributed by atoms with Crippen molar-refractivity contribution in [2.75, 3.05) is 39.7 Å². The number of hydrogen-bond donors (Lipinski definition) is 1. The van der Waals surface area contributed by atoms with Crippen LogP contribution in [0.25, 0.3) is 0 Å². The first-order valence-corrected chi connectivity index (χ1v) is 8.98. The quantitative estimate of drug-likeness (QED) is 0.838. The van der Waals surface area contributed by atoms with Crippen LogP contribution >= 0.6 is 0 Å². The van der Waals surface area contributed by atoms with E-state index >= 15 is 0 Å². The molecule has 1 aromatic heterocycles. The number of carbonyl (C=O) groups excluding carboxylic acids is 1. The van der Waals surface area contributed by atoms with Crippen LogP contribution in [0.15, 0.2) is 30.5 Å². The van der Waals surface area contributed by atoms with Crippen molar-refractivity contribution in [1.29, 1.82) is 0 Å². The van der Waals surface area contributed by atoms with E-state index in [4.69, 9.17) is 14.2 Å². The van der Waals surface area contributed by atoms with Crippen LogP contribution in [-0.2, 0) is 0 Å². The summed E-state index contributed by atoms with van der Waals surface area (Å²) in [5.74, 6) is 1.61. The first-order chi connectivity index (χ1) is 13.2. The highest BCUT2D eigenvalue weighted by Crippen LogP contribution is 2.40. The third kappa shape index (κ3) is 4.24. The predicted octanol–water partition coefficient (Wildman–Crippen LogP) is 3.48. The van der Waals surface area contributed by atoms with Gasteiger partial charge < -0.3 is 24.4 Å². The molecular formula is C20H25N3O4. The normalized spacial score (nSPS) is 13.8. The number of rotatable bonds is 6. The summed E-state index contributed by atoms with van der Waals surface area (Å²) in [5.41, 5.74) is 1.96. The topological polar surface area (TPSA) is 72.9 Å². The Bertz CT molecular complexity index is 779. The fourth-order valence-electron chi connectivity index (χ4n) is 3.20. The molecule has 7 nitrogen and oxygen atoms in total. The van der Waals surface area contributed by atoms with Crippen LogP contribution in [0.3, 0.4) is 0 Å². The molecule has 7 heteroatoms. The summed E-state index contributed by atoms with van der Waals surface area (Å²) in [7, 11) is 4.71. The van der Waals surface area contributed by atoms with Crippen molar-refractivity contribution < 1.29 is 19.0 Å². The third-order valence-electron chi connectivity index (χ3n) is 4.58. The Morgan fingerprint density at radius 3 is 2.22 bits per heavy atom. The van der Waals surface area contributed by atoms with Gasteiger partial charge >= 0.3 is 0 Å². The van der Waals surface area contributed by atoms with Crippen molar-refractivity contribution >= 4 is 17.3 Å². The Labute approximate surface area is 159 Å². The molecule has 0 saturated carbocycles. The number of benzene rings is 1. The van der Waals surface area contributed by atoms with E-state index in [1.165, 1.54) is 6.42 Å². The summed E-state index contributed by atoms with van der Waals surface area (Å²) >= 11 is 0. The minimum Gasteiger partial charge on any atom is -0.493 e. The van der Waals surface area contributed by atoms with Crippen LogP contribution in [-0.4, -0.2) is 50.2 Å². The van der Waals surface area contributed by atoms with Crippen molar-refractivity contribution in [2.24, 2.45) is 0 Å². The smallest absolute Gasteiger partial charge is 0.272 e. The number of aromatic nitrogens is 1. The van der Waals surface area contributed by atoms with Crippen LogP contribution in [0.1, 0.15) is 29.8 Å². The SMILES string of the molecule is COc1cc(Nc2ccnc(C(=O)N3CCCCC3)c2)cc(OC)c1OC. The summed E-state index contributed by atoms with van der Waals surface area (Å²) in [4.78, 5) is 18.8. The van der Waals surface area contributed by atoms with E-state index in [0.29, 0.717) is 22.9 Å². The molecule has 1 fully saturated rings. The molecule has 0 atom stereocenters. The molecule has 1 N–H and O–H groups in total. The minimum atomic E-state index is -0.0248. The number of anilines is 2. The zero-order valence-electron chi connectivity index (χ0n) is 15.9. The van der Waals surface area contributed by atoms with Gasteiger partial charge in [0.15, 0.2) is 11.5 Å². The van der Waals surface area contributed by atoms with E-state index in [0.717, 1.165) is 37.3 Å². The van der Waals surface area contributed by atoms with Crippen LogP contribution in [0.4, 0.5) is 11.4 Å². The molecule has 0 spiro atoms. The number of piperidine rings is 1. The maximum Gasteiger partial charge on any atom is 0.272 e. The standard InChI is InChI=1S/C20H25N3O4/c1-25-17-12-15(13-18(26-2)19(17)27-3)22-14-7-8-21-16(11-14)20(24)23-9-5-4-6-10-23/h7-8,11-13H,4-6,9-10H2,1-3H3,(H,21,22). The molecule has 0 bridgehead atoms. The van der Waals surface area contributed by atoms with Gasteiger partial charge in [-0.05, 0) is 31.4 Å². The number of methoxy groups -OCH3 is 3. The number of likely N-dealkylation sites (tertiary alicyclic amines) is 1. The molecule has 1 aliphatic rings. The molecule has 1 saturated heterocycles. The van der Waals surface area contributed by atoms with Crippen LogP contribution in [0.2, 0.25) is 0 Å². The largest absolute Gasteiger partial charge is 0.493 e. The van der Waals surface area contributed by atoms with Gasteiger partial charge in [-0.3, -0.25) is 9.78 Å². The molecule has 0 aliphatic carbocycles. The zero-order chi connectivity index (χ0) is 19.2. The number of pyridine rings is 1. The second-order valence-electron chi connectivity index (χ2n) is 6.32. The van der Waals surface area contributed by atoms with Crippen LogP contribution in [0.5, 0.6) is 17.2 Å². The van der Waals surface area contributed by atoms with E-state index in [1.807, 2.05) is 23.1 Å². The first kappa shape index (κ1) is 18.8. The molecule has 0 unspecified atom stereocenters. The molecular weight excluding hydrogens is 346 g/mol. The highest BCUT2D eigenvalue weighted by atomic mass is 16.5. The monoisotopic (exact) mass is 371 g/mol. The predicted molar refractivity (Wildman–Crippen MR) is 103 cm³/mol. The Kier molecular flexibility index (Phi) is 6.01. The van der Waals surface area contributed by atoms with Crippen LogP contribution < -0.4 is 19.5 Å². The van der Waals surface area contributed by atoms with Gasteiger partial charge in [-0.2, -0.15) is 0 Å². The molecule has 144 valence electrons. The van der Waals surface area contributed by atoms with E-state index in [1.54, 1.807) is 33.6 Å². The number of carbonyl (C=O) groups is 1. The number of nitrogens with zero attached hydrogens (tertiary/aromatic N) is 2. The van der Waals surface area contributed by atoms with Gasteiger partial charge in [0.05, 0.1) is 21.3 Å². The van der Waals surface area contributed by atoms with E-state index in [9.17, 15) is 4.79 Å². The lowest BCUT2D eigenvalue weighted by molar-refractivity contribution is 0.0718. The lowest BCUT2D eigenvalue weighted by atomic mass is 10.1. The number of nitrogens with one attached hydrogen (secondary N) is 1. The maximum absolute atomic E-state index is 12.7. The van der Waals surface area contributed by atoms with Gasteiger partial charge in [-0.1, -0.05) is 0 Å². The Morgan fingerprint density at radius 1 is 0.963 bits per heavy atom. The molecule has 2 heterocycles. The molecule has 1 aliphatic heterocycles. The summed E-state index contributed by atoms with van der Waals surface area (Å²) in [6, 6.07) is 7.21. The summed E-state index contributed by atoms with van der Waals surface area (Å²) < 4.78 is 16.1. The number of hydrogen-bond acceptors (Lipinski definition) is 6. The van der Waals surface area contributed by atoms with E-state index in [-0.39, 0.29) is 5.91 Å². The van der Waals surface area contributed by atoms with Crippen molar-refractivity contribution in [1.82, 2.24) is 9.88 Å². The van der Waals surface area contributed by atoms with Crippen molar-refractivity contribution in [2.45, 2.75) is 19.3 Å². The third-order valence-corrected chi connectivity index (χ3v) is 4.58. The Morgan fingerprint density at radius 2 is 1.63 bits per heavy atom. The minimum absolute atomic E-state index is 0.0248. The zero-order valence-corrected chi connectivity index (χ0v) is 15.9. The summed E-state index contributed by atoms with van der Waals surface area (Å²) in [5, 5.41) is 3.28. The molecule has 1 amide bonds. The number of amides is 1. The van der Waals surface area contributed by atoms with Gasteiger partial charge in [0.25, 0.3) is 5.91 Å². The van der Waals surface area contributed by atoms with E-state index in [2.05, 4.69) is 10.3 Å². The molecule has 3 rings (SSSR count). The van der Waals surface area contributed by atoms with Gasteiger partial charge in [0.1, 0.15) is 5.69 Å². The molecule has 0 radical (unpaired) electrons. The molecule has 27 heavy (non-hydrogen) atoms. The van der Waals surface area contributed by atoms with Crippen LogP contribution in [0, 0.1) is 0 Å². The van der Waals surface area contributed by atoms with Crippen molar-refractivity contribution in [3.05, 3.63) is 36.2 Å².